The molecule has 0 aromatic carbocycles. The highest BCUT2D eigenvalue weighted by Gasteiger charge is 2.12. The fourth-order valence-electron chi connectivity index (χ4n) is 1.76. The summed E-state index contributed by atoms with van der Waals surface area (Å²) in [5.74, 6) is 1.37. The molecule has 0 aliphatic rings. The summed E-state index contributed by atoms with van der Waals surface area (Å²) in [7, 11) is 1.99. The van der Waals surface area contributed by atoms with Crippen molar-refractivity contribution in [3.8, 4) is 5.82 Å². The predicted molar refractivity (Wildman–Crippen MR) is 71.7 cm³/mol. The molecule has 0 radical (unpaired) electrons. The molecule has 0 fully saturated rings. The van der Waals surface area contributed by atoms with E-state index < -0.39 is 0 Å². The van der Waals surface area contributed by atoms with E-state index in [1.54, 1.807) is 10.9 Å². The molecule has 6 nitrogen and oxygen atoms in total. The molecular weight excluding hydrogens is 228 g/mol. The van der Waals surface area contributed by atoms with E-state index in [9.17, 15) is 0 Å². The number of nitrogens with two attached hydrogens (primary N) is 1. The van der Waals surface area contributed by atoms with E-state index in [4.69, 9.17) is 5.73 Å². The first-order chi connectivity index (χ1) is 8.74. The van der Waals surface area contributed by atoms with Gasteiger partial charge >= 0.3 is 0 Å². The van der Waals surface area contributed by atoms with Crippen LogP contribution in [0.15, 0.2) is 24.8 Å². The highest BCUT2D eigenvalue weighted by Crippen LogP contribution is 2.23. The molecule has 0 saturated heterocycles. The van der Waals surface area contributed by atoms with E-state index in [2.05, 4.69) is 22.0 Å². The van der Waals surface area contributed by atoms with Gasteiger partial charge in [-0.3, -0.25) is 0 Å². The molecule has 0 bridgehead atoms. The van der Waals surface area contributed by atoms with Gasteiger partial charge in [-0.1, -0.05) is 13.3 Å². The van der Waals surface area contributed by atoms with Crippen LogP contribution in [0.25, 0.3) is 5.82 Å². The summed E-state index contributed by atoms with van der Waals surface area (Å²) in [5, 5.41) is 4.14. The third-order valence-electron chi connectivity index (χ3n) is 2.77. The summed E-state index contributed by atoms with van der Waals surface area (Å²) in [4.78, 5) is 10.5. The number of anilines is 2. The Morgan fingerprint density at radius 2 is 2.22 bits per heavy atom. The highest BCUT2D eigenvalue weighted by atomic mass is 15.3. The van der Waals surface area contributed by atoms with Crippen LogP contribution in [0, 0.1) is 0 Å². The maximum Gasteiger partial charge on any atom is 0.181 e. The minimum atomic E-state index is 0.555. The third-order valence-corrected chi connectivity index (χ3v) is 2.77. The van der Waals surface area contributed by atoms with Crippen LogP contribution in [-0.2, 0) is 0 Å². The second-order valence-corrected chi connectivity index (χ2v) is 4.16. The van der Waals surface area contributed by atoms with Gasteiger partial charge in [-0.25, -0.2) is 14.6 Å². The molecule has 0 aliphatic heterocycles. The molecule has 18 heavy (non-hydrogen) atoms. The molecule has 2 N–H and O–H groups in total. The third kappa shape index (κ3) is 2.42. The number of unbranched alkanes of at least 4 members (excludes halogenated alkanes) is 1. The fourth-order valence-corrected chi connectivity index (χ4v) is 1.76. The summed E-state index contributed by atoms with van der Waals surface area (Å²) in [6.07, 6.45) is 7.28. The average Bonchev–Trinajstić information content (AvgIpc) is 2.90. The molecule has 96 valence electrons. The normalized spacial score (nSPS) is 10.6. The summed E-state index contributed by atoms with van der Waals surface area (Å²) in [6, 6.07) is 1.84. The van der Waals surface area contributed by atoms with Crippen molar-refractivity contribution >= 4 is 11.5 Å². The summed E-state index contributed by atoms with van der Waals surface area (Å²) >= 11 is 0. The van der Waals surface area contributed by atoms with Crippen LogP contribution in [-0.4, -0.2) is 33.3 Å². The Balaban J connectivity index is 2.30. The highest BCUT2D eigenvalue weighted by molar-refractivity contribution is 5.69. The second kappa shape index (κ2) is 5.48. The number of hydrogen-bond donors (Lipinski definition) is 1. The van der Waals surface area contributed by atoms with Gasteiger partial charge in [0.05, 0.1) is 0 Å². The zero-order valence-electron chi connectivity index (χ0n) is 10.7. The standard InChI is InChI=1S/C12H18N6/c1-3-4-7-17(2)11-10(13)12(15-9-14-11)18-8-5-6-16-18/h5-6,8-9H,3-4,7,13H2,1-2H3. The van der Waals surface area contributed by atoms with Gasteiger partial charge in [-0.05, 0) is 12.5 Å². The summed E-state index contributed by atoms with van der Waals surface area (Å²) in [6.45, 7) is 3.09. The number of aromatic nitrogens is 4. The lowest BCUT2D eigenvalue weighted by Gasteiger charge is -2.20. The Morgan fingerprint density at radius 3 is 2.89 bits per heavy atom. The van der Waals surface area contributed by atoms with Gasteiger partial charge in [0, 0.05) is 26.0 Å². The van der Waals surface area contributed by atoms with Gasteiger partial charge in [0.2, 0.25) is 0 Å². The smallest absolute Gasteiger partial charge is 0.181 e. The Morgan fingerprint density at radius 1 is 1.39 bits per heavy atom. The predicted octanol–water partition coefficient (Wildman–Crippen LogP) is 1.48. The number of rotatable bonds is 5. The van der Waals surface area contributed by atoms with Crippen LogP contribution >= 0.6 is 0 Å². The molecule has 0 saturated carbocycles. The van der Waals surface area contributed by atoms with Gasteiger partial charge < -0.3 is 10.6 Å². The van der Waals surface area contributed by atoms with Crippen molar-refractivity contribution in [1.82, 2.24) is 19.7 Å². The van der Waals surface area contributed by atoms with Gasteiger partial charge in [-0.15, -0.1) is 0 Å². The largest absolute Gasteiger partial charge is 0.393 e. The first-order valence-electron chi connectivity index (χ1n) is 6.05. The molecular formula is C12H18N6. The maximum absolute atomic E-state index is 6.12. The van der Waals surface area contributed by atoms with E-state index in [1.165, 1.54) is 6.33 Å². The SMILES string of the molecule is CCCCN(C)c1ncnc(-n2cccn2)c1N. The zero-order chi connectivity index (χ0) is 13.0. The Kier molecular flexibility index (Phi) is 3.76. The average molecular weight is 246 g/mol. The van der Waals surface area contributed by atoms with Crippen LogP contribution in [0.1, 0.15) is 19.8 Å². The molecule has 0 aliphatic carbocycles. The molecule has 0 unspecified atom stereocenters. The molecule has 2 heterocycles. The monoisotopic (exact) mass is 246 g/mol. The minimum Gasteiger partial charge on any atom is -0.393 e. The van der Waals surface area contributed by atoms with Gasteiger partial charge in [0.15, 0.2) is 11.6 Å². The fraction of sp³-hybridized carbons (Fsp3) is 0.417. The van der Waals surface area contributed by atoms with Gasteiger partial charge in [0.1, 0.15) is 12.0 Å². The Labute approximate surface area is 106 Å². The minimum absolute atomic E-state index is 0.555. The summed E-state index contributed by atoms with van der Waals surface area (Å²) < 4.78 is 1.65. The maximum atomic E-state index is 6.12. The zero-order valence-corrected chi connectivity index (χ0v) is 10.7. The van der Waals surface area contributed by atoms with Crippen molar-refractivity contribution in [3.63, 3.8) is 0 Å². The van der Waals surface area contributed by atoms with Crippen LogP contribution in [0.2, 0.25) is 0 Å². The van der Waals surface area contributed by atoms with Crippen molar-refractivity contribution < 1.29 is 0 Å². The van der Waals surface area contributed by atoms with Crippen LogP contribution in [0.3, 0.4) is 0 Å². The Bertz CT molecular complexity index is 493. The lowest BCUT2D eigenvalue weighted by molar-refractivity contribution is 0.756. The second-order valence-electron chi connectivity index (χ2n) is 4.16. The van der Waals surface area contributed by atoms with E-state index >= 15 is 0 Å². The number of nitrogens with zero attached hydrogens (tertiary/aromatic N) is 5. The van der Waals surface area contributed by atoms with Crippen molar-refractivity contribution in [3.05, 3.63) is 24.8 Å². The van der Waals surface area contributed by atoms with Crippen molar-refractivity contribution in [2.75, 3.05) is 24.2 Å². The molecule has 2 rings (SSSR count). The van der Waals surface area contributed by atoms with Crippen LogP contribution in [0.5, 0.6) is 0 Å². The van der Waals surface area contributed by atoms with Crippen LogP contribution in [0.4, 0.5) is 11.5 Å². The van der Waals surface area contributed by atoms with Crippen molar-refractivity contribution in [2.45, 2.75) is 19.8 Å². The summed E-state index contributed by atoms with van der Waals surface area (Å²) in [5.41, 5.74) is 6.68. The number of nitrogen functional groups attached to an aromatic ring is 1. The molecule has 6 heteroatoms. The lowest BCUT2D eigenvalue weighted by Crippen LogP contribution is -2.22. The molecule has 0 amide bonds. The lowest BCUT2D eigenvalue weighted by atomic mass is 10.3. The molecule has 2 aromatic rings. The van der Waals surface area contributed by atoms with E-state index in [-0.39, 0.29) is 0 Å². The molecule has 2 aromatic heterocycles. The van der Waals surface area contributed by atoms with Crippen molar-refractivity contribution in [2.24, 2.45) is 0 Å². The number of hydrogen-bond acceptors (Lipinski definition) is 5. The molecule has 0 spiro atoms. The quantitative estimate of drug-likeness (QED) is 0.865. The molecule has 0 atom stereocenters. The van der Waals surface area contributed by atoms with Crippen LogP contribution < -0.4 is 10.6 Å². The first-order valence-corrected chi connectivity index (χ1v) is 6.05. The van der Waals surface area contributed by atoms with E-state index in [0.717, 1.165) is 25.2 Å². The van der Waals surface area contributed by atoms with Gasteiger partial charge in [0.25, 0.3) is 0 Å². The Hall–Kier alpha value is -2.11. The topological polar surface area (TPSA) is 72.9 Å². The van der Waals surface area contributed by atoms with E-state index in [0.29, 0.717) is 11.5 Å². The van der Waals surface area contributed by atoms with Gasteiger partial charge in [-0.2, -0.15) is 5.10 Å². The van der Waals surface area contributed by atoms with E-state index in [1.807, 2.05) is 24.2 Å². The first kappa shape index (κ1) is 12.3. The van der Waals surface area contributed by atoms with Crippen molar-refractivity contribution in [1.29, 1.82) is 0 Å².